The van der Waals surface area contributed by atoms with Crippen LogP contribution in [0.1, 0.15) is 29.3 Å². The van der Waals surface area contributed by atoms with Gasteiger partial charge < -0.3 is 10.1 Å². The van der Waals surface area contributed by atoms with Crippen molar-refractivity contribution in [3.8, 4) is 11.1 Å². The number of Topliss-reactive ketones (excluding diaryl/α,β-unsaturated/α-hetero) is 1. The second-order valence-corrected chi connectivity index (χ2v) is 5.86. The lowest BCUT2D eigenvalue weighted by molar-refractivity contribution is 0.0543. The lowest BCUT2D eigenvalue weighted by atomic mass is 9.97. The monoisotopic (exact) mass is 313 g/mol. The first-order valence-electron chi connectivity index (χ1n) is 7.85. The molecule has 23 heavy (non-hydrogen) atoms. The van der Waals surface area contributed by atoms with E-state index in [0.29, 0.717) is 12.2 Å². The fraction of sp³-hybridized carbons (Fsp3) is 0.316. The molecule has 1 unspecified atom stereocenters. The SMILES string of the molecule is CC(=O)c1cccc(-c2ccc(F)cc2COC2CCNC2)c1. The minimum absolute atomic E-state index is 0.0174. The second kappa shape index (κ2) is 7.02. The van der Waals surface area contributed by atoms with E-state index in [0.717, 1.165) is 36.2 Å². The maximum Gasteiger partial charge on any atom is 0.159 e. The zero-order valence-electron chi connectivity index (χ0n) is 13.1. The quantitative estimate of drug-likeness (QED) is 0.858. The fourth-order valence-electron chi connectivity index (χ4n) is 2.85. The Morgan fingerprint density at radius 1 is 1.30 bits per heavy atom. The van der Waals surface area contributed by atoms with Gasteiger partial charge in [-0.05, 0) is 54.8 Å². The van der Waals surface area contributed by atoms with Gasteiger partial charge in [-0.1, -0.05) is 24.3 Å². The van der Waals surface area contributed by atoms with Gasteiger partial charge in [0.15, 0.2) is 5.78 Å². The highest BCUT2D eigenvalue weighted by Gasteiger charge is 2.16. The molecule has 0 bridgehead atoms. The van der Waals surface area contributed by atoms with Crippen molar-refractivity contribution in [1.82, 2.24) is 5.32 Å². The van der Waals surface area contributed by atoms with E-state index in [1.807, 2.05) is 18.2 Å². The Kier molecular flexibility index (Phi) is 4.84. The molecule has 0 spiro atoms. The van der Waals surface area contributed by atoms with Crippen molar-refractivity contribution in [3.63, 3.8) is 0 Å². The van der Waals surface area contributed by atoms with Crippen molar-refractivity contribution in [3.05, 3.63) is 59.4 Å². The Morgan fingerprint density at radius 3 is 2.91 bits per heavy atom. The van der Waals surface area contributed by atoms with E-state index in [1.165, 1.54) is 12.1 Å². The molecule has 3 rings (SSSR count). The van der Waals surface area contributed by atoms with Gasteiger partial charge in [-0.3, -0.25) is 4.79 Å². The van der Waals surface area contributed by atoms with Gasteiger partial charge in [-0.15, -0.1) is 0 Å². The summed E-state index contributed by atoms with van der Waals surface area (Å²) in [5.41, 5.74) is 3.26. The van der Waals surface area contributed by atoms with Crippen molar-refractivity contribution < 1.29 is 13.9 Å². The molecule has 3 nitrogen and oxygen atoms in total. The van der Waals surface area contributed by atoms with Gasteiger partial charge >= 0.3 is 0 Å². The van der Waals surface area contributed by atoms with Crippen LogP contribution in [-0.2, 0) is 11.3 Å². The maximum atomic E-state index is 13.6. The summed E-state index contributed by atoms with van der Waals surface area (Å²) in [7, 11) is 0. The molecule has 1 atom stereocenters. The van der Waals surface area contributed by atoms with Crippen LogP contribution in [0.15, 0.2) is 42.5 Å². The van der Waals surface area contributed by atoms with E-state index in [2.05, 4.69) is 5.32 Å². The minimum Gasteiger partial charge on any atom is -0.372 e. The zero-order chi connectivity index (χ0) is 16.2. The van der Waals surface area contributed by atoms with Crippen LogP contribution in [0.2, 0.25) is 0 Å². The van der Waals surface area contributed by atoms with Crippen LogP contribution in [0.3, 0.4) is 0 Å². The van der Waals surface area contributed by atoms with Crippen LogP contribution in [0.4, 0.5) is 4.39 Å². The number of halogens is 1. The number of benzene rings is 2. The lowest BCUT2D eigenvalue weighted by Gasteiger charge is -2.14. The normalized spacial score (nSPS) is 17.4. The van der Waals surface area contributed by atoms with Crippen molar-refractivity contribution in [2.75, 3.05) is 13.1 Å². The molecule has 1 aliphatic rings. The van der Waals surface area contributed by atoms with E-state index in [-0.39, 0.29) is 17.7 Å². The predicted octanol–water partition coefficient (Wildman–Crippen LogP) is 3.57. The first-order chi connectivity index (χ1) is 11.1. The van der Waals surface area contributed by atoms with E-state index < -0.39 is 0 Å². The average molecular weight is 313 g/mol. The minimum atomic E-state index is -0.278. The summed E-state index contributed by atoms with van der Waals surface area (Å²) < 4.78 is 19.5. The Morgan fingerprint density at radius 2 is 2.17 bits per heavy atom. The largest absolute Gasteiger partial charge is 0.372 e. The number of hydrogen-bond acceptors (Lipinski definition) is 3. The Labute approximate surface area is 135 Å². The molecule has 0 aromatic heterocycles. The summed E-state index contributed by atoms with van der Waals surface area (Å²) in [6.45, 7) is 3.70. The molecule has 1 saturated heterocycles. The van der Waals surface area contributed by atoms with Crippen LogP contribution in [-0.4, -0.2) is 25.0 Å². The molecule has 0 saturated carbocycles. The van der Waals surface area contributed by atoms with E-state index in [1.54, 1.807) is 19.1 Å². The van der Waals surface area contributed by atoms with Crippen molar-refractivity contribution >= 4 is 5.78 Å². The molecular weight excluding hydrogens is 293 g/mol. The molecular formula is C19H20FNO2. The smallest absolute Gasteiger partial charge is 0.159 e. The molecule has 1 fully saturated rings. The number of ketones is 1. The fourth-order valence-corrected chi connectivity index (χ4v) is 2.85. The first kappa shape index (κ1) is 15.8. The van der Waals surface area contributed by atoms with E-state index in [9.17, 15) is 9.18 Å². The van der Waals surface area contributed by atoms with Gasteiger partial charge in [0.1, 0.15) is 5.82 Å². The lowest BCUT2D eigenvalue weighted by Crippen LogP contribution is -2.16. The van der Waals surface area contributed by atoms with Crippen LogP contribution in [0.25, 0.3) is 11.1 Å². The predicted molar refractivity (Wildman–Crippen MR) is 87.9 cm³/mol. The number of hydrogen-bond donors (Lipinski definition) is 1. The molecule has 120 valence electrons. The number of rotatable bonds is 5. The molecule has 0 radical (unpaired) electrons. The third kappa shape index (κ3) is 3.84. The third-order valence-electron chi connectivity index (χ3n) is 4.14. The number of nitrogens with one attached hydrogen (secondary N) is 1. The molecule has 0 amide bonds. The van der Waals surface area contributed by atoms with Crippen LogP contribution >= 0.6 is 0 Å². The summed E-state index contributed by atoms with van der Waals surface area (Å²) in [6.07, 6.45) is 1.15. The van der Waals surface area contributed by atoms with Gasteiger partial charge in [0.25, 0.3) is 0 Å². The van der Waals surface area contributed by atoms with Crippen molar-refractivity contribution in [1.29, 1.82) is 0 Å². The van der Waals surface area contributed by atoms with Gasteiger partial charge in [0.2, 0.25) is 0 Å². The van der Waals surface area contributed by atoms with Crippen molar-refractivity contribution in [2.45, 2.75) is 26.1 Å². The van der Waals surface area contributed by atoms with Gasteiger partial charge in [0, 0.05) is 12.1 Å². The first-order valence-corrected chi connectivity index (χ1v) is 7.85. The number of ether oxygens (including phenoxy) is 1. The summed E-state index contributed by atoms with van der Waals surface area (Å²) >= 11 is 0. The summed E-state index contributed by atoms with van der Waals surface area (Å²) in [4.78, 5) is 11.6. The van der Waals surface area contributed by atoms with E-state index in [4.69, 9.17) is 4.74 Å². The Hall–Kier alpha value is -2.04. The van der Waals surface area contributed by atoms with Crippen LogP contribution in [0.5, 0.6) is 0 Å². The zero-order valence-corrected chi connectivity index (χ0v) is 13.1. The second-order valence-electron chi connectivity index (χ2n) is 5.86. The summed E-state index contributed by atoms with van der Waals surface area (Å²) in [5, 5.41) is 3.25. The van der Waals surface area contributed by atoms with Crippen LogP contribution in [0, 0.1) is 5.82 Å². The molecule has 1 heterocycles. The molecule has 1 aliphatic heterocycles. The molecule has 1 N–H and O–H groups in total. The number of carbonyl (C=O) groups excluding carboxylic acids is 1. The topological polar surface area (TPSA) is 38.3 Å². The van der Waals surface area contributed by atoms with Gasteiger partial charge in [-0.2, -0.15) is 0 Å². The highest BCUT2D eigenvalue weighted by molar-refractivity contribution is 5.95. The Balaban J connectivity index is 1.88. The Bertz CT molecular complexity index is 708. The maximum absolute atomic E-state index is 13.6. The standard InChI is InChI=1S/C19H20FNO2/c1-13(22)14-3-2-4-15(9-14)19-6-5-17(20)10-16(19)12-23-18-7-8-21-11-18/h2-6,9-10,18,21H,7-8,11-12H2,1H3. The van der Waals surface area contributed by atoms with E-state index >= 15 is 0 Å². The van der Waals surface area contributed by atoms with Crippen LogP contribution < -0.4 is 5.32 Å². The molecule has 4 heteroatoms. The van der Waals surface area contributed by atoms with Gasteiger partial charge in [0.05, 0.1) is 12.7 Å². The highest BCUT2D eigenvalue weighted by atomic mass is 19.1. The molecule has 2 aromatic rings. The average Bonchev–Trinajstić information content (AvgIpc) is 3.06. The summed E-state index contributed by atoms with van der Waals surface area (Å²) in [5.74, 6) is -0.261. The van der Waals surface area contributed by atoms with Gasteiger partial charge in [-0.25, -0.2) is 4.39 Å². The third-order valence-corrected chi connectivity index (χ3v) is 4.14. The van der Waals surface area contributed by atoms with Crippen molar-refractivity contribution in [2.24, 2.45) is 0 Å². The molecule has 0 aliphatic carbocycles. The number of carbonyl (C=O) groups is 1. The highest BCUT2D eigenvalue weighted by Crippen LogP contribution is 2.27. The molecule has 2 aromatic carbocycles. The summed E-state index contributed by atoms with van der Waals surface area (Å²) in [6, 6.07) is 12.1.